The predicted octanol–water partition coefficient (Wildman–Crippen LogP) is 5.35. The monoisotopic (exact) mass is 232 g/mol. The Kier molecular flexibility index (Phi) is 6.02. The second-order valence-electron chi connectivity index (χ2n) is 3.50. The van der Waals surface area contributed by atoms with Crippen molar-refractivity contribution in [3.8, 4) is 0 Å². The van der Waals surface area contributed by atoms with Crippen LogP contribution in [0.15, 0.2) is 52.3 Å². The molecule has 1 heteroatoms. The fourth-order valence-corrected chi connectivity index (χ4v) is 2.32. The van der Waals surface area contributed by atoms with Crippen molar-refractivity contribution in [2.45, 2.75) is 38.5 Å². The van der Waals surface area contributed by atoms with Crippen LogP contribution < -0.4 is 0 Å². The zero-order valence-electron chi connectivity index (χ0n) is 10.4. The third kappa shape index (κ3) is 4.28. The Morgan fingerprint density at radius 2 is 1.69 bits per heavy atom. The highest BCUT2D eigenvalue weighted by molar-refractivity contribution is 8.03. The summed E-state index contributed by atoms with van der Waals surface area (Å²) in [5, 5.41) is 0. The fraction of sp³-hybridized carbons (Fsp3) is 0.333. The minimum atomic E-state index is 1.19. The molecule has 0 amide bonds. The molecule has 1 aromatic rings. The molecule has 0 N–H and O–H groups in total. The summed E-state index contributed by atoms with van der Waals surface area (Å²) in [6.07, 6.45) is 9.15. The number of allylic oxidation sites excluding steroid dienone is 3. The van der Waals surface area contributed by atoms with Gasteiger partial charge in [-0.3, -0.25) is 0 Å². The van der Waals surface area contributed by atoms with Gasteiger partial charge >= 0.3 is 0 Å². The van der Waals surface area contributed by atoms with Crippen molar-refractivity contribution < 1.29 is 0 Å². The van der Waals surface area contributed by atoms with Crippen LogP contribution in [0.3, 0.4) is 0 Å². The fourth-order valence-electron chi connectivity index (χ4n) is 1.41. The summed E-state index contributed by atoms with van der Waals surface area (Å²) in [6.45, 7) is 6.12. The Bertz CT molecular complexity index is 358. The second-order valence-corrected chi connectivity index (χ2v) is 4.65. The molecule has 16 heavy (non-hydrogen) atoms. The van der Waals surface area contributed by atoms with E-state index in [1.807, 2.05) is 25.6 Å². The molecule has 2 rings (SSSR count). The van der Waals surface area contributed by atoms with Gasteiger partial charge in [0.05, 0.1) is 0 Å². The molecule has 1 aromatic carbocycles. The Balaban J connectivity index is 0.000000606. The van der Waals surface area contributed by atoms with E-state index in [1.54, 1.807) is 0 Å². The zero-order chi connectivity index (χ0) is 11.8. The van der Waals surface area contributed by atoms with Crippen LogP contribution in [-0.2, 0) is 0 Å². The van der Waals surface area contributed by atoms with Gasteiger partial charge < -0.3 is 0 Å². The number of thioether (sulfide) groups is 1. The SMILES string of the molecule is CC.Cc1ccc(SC2=CCCC=C2)cc1. The molecule has 0 nitrogen and oxygen atoms in total. The molecule has 0 radical (unpaired) electrons. The summed E-state index contributed by atoms with van der Waals surface area (Å²) < 4.78 is 0. The van der Waals surface area contributed by atoms with Crippen molar-refractivity contribution in [3.05, 3.63) is 53.0 Å². The molecule has 0 aromatic heterocycles. The number of hydrogen-bond acceptors (Lipinski definition) is 1. The van der Waals surface area contributed by atoms with Crippen molar-refractivity contribution in [2.24, 2.45) is 0 Å². The van der Waals surface area contributed by atoms with E-state index < -0.39 is 0 Å². The topological polar surface area (TPSA) is 0 Å². The van der Waals surface area contributed by atoms with Gasteiger partial charge in [0.2, 0.25) is 0 Å². The van der Waals surface area contributed by atoms with Gasteiger partial charge in [-0.25, -0.2) is 0 Å². The highest BCUT2D eigenvalue weighted by Gasteiger charge is 1.99. The minimum absolute atomic E-state index is 1.19. The van der Waals surface area contributed by atoms with E-state index in [2.05, 4.69) is 49.4 Å². The average molecular weight is 232 g/mol. The van der Waals surface area contributed by atoms with Gasteiger partial charge in [0, 0.05) is 9.80 Å². The van der Waals surface area contributed by atoms with Crippen LogP contribution in [0, 0.1) is 6.92 Å². The van der Waals surface area contributed by atoms with Crippen LogP contribution in [-0.4, -0.2) is 0 Å². The summed E-state index contributed by atoms with van der Waals surface area (Å²) in [4.78, 5) is 2.70. The van der Waals surface area contributed by atoms with E-state index in [4.69, 9.17) is 0 Å². The maximum absolute atomic E-state index is 2.31. The first-order valence-corrected chi connectivity index (χ1v) is 6.77. The summed E-state index contributed by atoms with van der Waals surface area (Å²) in [6, 6.07) is 8.69. The summed E-state index contributed by atoms with van der Waals surface area (Å²) >= 11 is 1.85. The van der Waals surface area contributed by atoms with Crippen LogP contribution in [0.5, 0.6) is 0 Å². The highest BCUT2D eigenvalue weighted by atomic mass is 32.2. The van der Waals surface area contributed by atoms with E-state index in [0.717, 1.165) is 0 Å². The molecule has 0 saturated carbocycles. The summed E-state index contributed by atoms with van der Waals surface area (Å²) in [5.41, 5.74) is 1.32. The predicted molar refractivity (Wildman–Crippen MR) is 74.8 cm³/mol. The third-order valence-corrected chi connectivity index (χ3v) is 3.26. The number of aryl methyl sites for hydroxylation is 1. The van der Waals surface area contributed by atoms with Crippen LogP contribution in [0.1, 0.15) is 32.3 Å². The lowest BCUT2D eigenvalue weighted by Crippen LogP contribution is -1.80. The molecule has 0 unspecified atom stereocenters. The molecule has 86 valence electrons. The molecule has 1 aliphatic carbocycles. The lowest BCUT2D eigenvalue weighted by molar-refractivity contribution is 1.03. The molecule has 0 atom stereocenters. The van der Waals surface area contributed by atoms with Gasteiger partial charge in [-0.15, -0.1) is 0 Å². The Hall–Kier alpha value is -0.950. The molecule has 1 aliphatic rings. The maximum Gasteiger partial charge on any atom is 0.0122 e. The van der Waals surface area contributed by atoms with E-state index in [0.29, 0.717) is 0 Å². The van der Waals surface area contributed by atoms with Gasteiger partial charge in [0.15, 0.2) is 0 Å². The maximum atomic E-state index is 2.31. The van der Waals surface area contributed by atoms with Crippen molar-refractivity contribution in [2.75, 3.05) is 0 Å². The molecule has 0 heterocycles. The van der Waals surface area contributed by atoms with Crippen molar-refractivity contribution in [1.29, 1.82) is 0 Å². The minimum Gasteiger partial charge on any atom is -0.0905 e. The summed E-state index contributed by atoms with van der Waals surface area (Å²) in [7, 11) is 0. The van der Waals surface area contributed by atoms with Crippen LogP contribution >= 0.6 is 11.8 Å². The van der Waals surface area contributed by atoms with Gasteiger partial charge in [-0.1, -0.05) is 61.5 Å². The normalized spacial score (nSPS) is 13.8. The molecular formula is C15H20S. The molecule has 0 bridgehead atoms. The van der Waals surface area contributed by atoms with Gasteiger partial charge in [0.1, 0.15) is 0 Å². The molecular weight excluding hydrogens is 212 g/mol. The largest absolute Gasteiger partial charge is 0.0905 e. The average Bonchev–Trinajstić information content (AvgIpc) is 2.36. The highest BCUT2D eigenvalue weighted by Crippen LogP contribution is 2.29. The molecule has 0 fully saturated rings. The van der Waals surface area contributed by atoms with Crippen LogP contribution in [0.2, 0.25) is 0 Å². The Labute approximate surface area is 103 Å². The second kappa shape index (κ2) is 7.34. The molecule has 0 aliphatic heterocycles. The lowest BCUT2D eigenvalue weighted by Gasteiger charge is -2.06. The summed E-state index contributed by atoms with van der Waals surface area (Å²) in [5.74, 6) is 0. The third-order valence-electron chi connectivity index (χ3n) is 2.22. The Morgan fingerprint density at radius 3 is 2.25 bits per heavy atom. The first-order valence-electron chi connectivity index (χ1n) is 5.96. The van der Waals surface area contributed by atoms with Gasteiger partial charge in [0.25, 0.3) is 0 Å². The van der Waals surface area contributed by atoms with Gasteiger partial charge in [-0.05, 0) is 31.9 Å². The molecule has 0 saturated heterocycles. The smallest absolute Gasteiger partial charge is 0.0122 e. The van der Waals surface area contributed by atoms with Crippen molar-refractivity contribution in [3.63, 3.8) is 0 Å². The van der Waals surface area contributed by atoms with Crippen LogP contribution in [0.4, 0.5) is 0 Å². The number of hydrogen-bond donors (Lipinski definition) is 0. The zero-order valence-corrected chi connectivity index (χ0v) is 11.2. The number of rotatable bonds is 2. The van der Waals surface area contributed by atoms with E-state index in [9.17, 15) is 0 Å². The molecule has 0 spiro atoms. The van der Waals surface area contributed by atoms with E-state index in [1.165, 1.54) is 28.2 Å². The quantitative estimate of drug-likeness (QED) is 0.662. The first kappa shape index (κ1) is 13.1. The first-order chi connectivity index (χ1) is 7.84. The number of benzene rings is 1. The van der Waals surface area contributed by atoms with Gasteiger partial charge in [-0.2, -0.15) is 0 Å². The van der Waals surface area contributed by atoms with Crippen molar-refractivity contribution in [1.82, 2.24) is 0 Å². The van der Waals surface area contributed by atoms with E-state index >= 15 is 0 Å². The van der Waals surface area contributed by atoms with Crippen molar-refractivity contribution >= 4 is 11.8 Å². The van der Waals surface area contributed by atoms with E-state index in [-0.39, 0.29) is 0 Å². The van der Waals surface area contributed by atoms with Crippen LogP contribution in [0.25, 0.3) is 0 Å². The lowest BCUT2D eigenvalue weighted by atomic mass is 10.2. The standard InChI is InChI=1S/C13H14S.C2H6/c1-11-7-9-13(10-8-11)14-12-5-3-2-4-6-12;1-2/h3,5-10H,2,4H2,1H3;1-2H3. The Morgan fingerprint density at radius 1 is 1.00 bits per heavy atom.